The Balaban J connectivity index is 1.37. The molecule has 0 saturated carbocycles. The van der Waals surface area contributed by atoms with Gasteiger partial charge in [0.25, 0.3) is 0 Å². The van der Waals surface area contributed by atoms with Gasteiger partial charge in [0.15, 0.2) is 5.82 Å². The van der Waals surface area contributed by atoms with Gasteiger partial charge >= 0.3 is 5.69 Å². The standard InChI is InChI=1S/C32H37N7O/c1-4-6-8-23(3)19-24-11-15-27(16-12-24)39-22-28(7-5-2)38(32(39)40)21-25-9-13-26(14-10-25)30-20-33-18-17-29(30)31-34-36-37-35-31/h9-18,20,22-23H,4-8,19,21H2,1-3H3,(H,34,35,36,37). The second-order valence-electron chi connectivity index (χ2n) is 10.6. The van der Waals surface area contributed by atoms with Gasteiger partial charge in [-0.2, -0.15) is 0 Å². The first kappa shape index (κ1) is 27.2. The second kappa shape index (κ2) is 12.7. The molecule has 5 aromatic rings. The van der Waals surface area contributed by atoms with Crippen LogP contribution < -0.4 is 5.69 Å². The summed E-state index contributed by atoms with van der Waals surface area (Å²) in [4.78, 5) is 17.9. The maximum atomic E-state index is 13.6. The van der Waals surface area contributed by atoms with E-state index in [2.05, 4.69) is 94.9 Å². The van der Waals surface area contributed by atoms with Crippen LogP contribution in [-0.2, 0) is 19.4 Å². The molecule has 0 radical (unpaired) electrons. The average Bonchev–Trinajstić information content (AvgIpc) is 3.62. The zero-order valence-corrected chi connectivity index (χ0v) is 23.5. The molecule has 0 saturated heterocycles. The van der Waals surface area contributed by atoms with Gasteiger partial charge in [0.2, 0.25) is 0 Å². The van der Waals surface area contributed by atoms with Gasteiger partial charge in [-0.1, -0.05) is 82.9 Å². The SMILES string of the molecule is CCCCC(C)Cc1ccc(-n2cc(CCC)n(Cc3ccc(-c4cnccc4-c4nnn[nH]4)cc3)c2=O)cc1. The molecule has 1 atom stereocenters. The topological polar surface area (TPSA) is 94.3 Å². The summed E-state index contributed by atoms with van der Waals surface area (Å²) in [6.45, 7) is 7.22. The fourth-order valence-electron chi connectivity index (χ4n) is 5.26. The van der Waals surface area contributed by atoms with Crippen molar-refractivity contribution in [1.82, 2.24) is 34.7 Å². The Kier molecular flexibility index (Phi) is 8.64. The fraction of sp³-hybridized carbons (Fsp3) is 0.344. The number of aromatic nitrogens is 7. The molecule has 0 spiro atoms. The molecule has 2 aromatic carbocycles. The van der Waals surface area contributed by atoms with Crippen LogP contribution in [0.3, 0.4) is 0 Å². The molecule has 8 heteroatoms. The van der Waals surface area contributed by atoms with E-state index in [1.54, 1.807) is 10.8 Å². The van der Waals surface area contributed by atoms with Gasteiger partial charge in [-0.25, -0.2) is 9.89 Å². The van der Waals surface area contributed by atoms with Crippen LogP contribution in [0.15, 0.2) is 78.0 Å². The van der Waals surface area contributed by atoms with Crippen molar-refractivity contribution in [3.8, 4) is 28.2 Å². The summed E-state index contributed by atoms with van der Waals surface area (Å²) in [6.07, 6.45) is 12.2. The first-order valence-corrected chi connectivity index (χ1v) is 14.2. The molecular formula is C32H37N7O. The number of nitrogens with zero attached hydrogens (tertiary/aromatic N) is 6. The van der Waals surface area contributed by atoms with Gasteiger partial charge in [0.05, 0.1) is 12.2 Å². The normalized spacial score (nSPS) is 12.1. The number of aromatic amines is 1. The molecule has 0 aliphatic carbocycles. The van der Waals surface area contributed by atoms with Crippen molar-refractivity contribution in [3.63, 3.8) is 0 Å². The van der Waals surface area contributed by atoms with Gasteiger partial charge in [-0.15, -0.1) is 5.10 Å². The molecule has 5 rings (SSSR count). The number of unbranched alkanes of at least 4 members (excludes halogenated alkanes) is 1. The van der Waals surface area contributed by atoms with E-state index in [0.717, 1.165) is 52.9 Å². The van der Waals surface area contributed by atoms with E-state index in [1.165, 1.54) is 24.8 Å². The van der Waals surface area contributed by atoms with Crippen molar-refractivity contribution in [1.29, 1.82) is 0 Å². The minimum Gasteiger partial charge on any atom is -0.292 e. The van der Waals surface area contributed by atoms with Gasteiger partial charge in [0.1, 0.15) is 0 Å². The highest BCUT2D eigenvalue weighted by Gasteiger charge is 2.15. The largest absolute Gasteiger partial charge is 0.333 e. The zero-order chi connectivity index (χ0) is 27.9. The van der Waals surface area contributed by atoms with Gasteiger partial charge in [-0.3, -0.25) is 14.1 Å². The number of rotatable bonds is 12. The first-order chi connectivity index (χ1) is 19.6. The quantitative estimate of drug-likeness (QED) is 0.204. The molecule has 3 heterocycles. The van der Waals surface area contributed by atoms with Crippen molar-refractivity contribution in [2.45, 2.75) is 65.8 Å². The first-order valence-electron chi connectivity index (χ1n) is 14.2. The van der Waals surface area contributed by atoms with Crippen LogP contribution in [-0.4, -0.2) is 34.7 Å². The molecule has 0 aliphatic rings. The molecule has 3 aromatic heterocycles. The summed E-state index contributed by atoms with van der Waals surface area (Å²) in [7, 11) is 0. The Labute approximate surface area is 235 Å². The Bertz CT molecular complexity index is 1570. The number of hydrogen-bond acceptors (Lipinski definition) is 5. The van der Waals surface area contributed by atoms with Crippen LogP contribution >= 0.6 is 0 Å². The molecule has 0 bridgehead atoms. The maximum Gasteiger partial charge on any atom is 0.333 e. The molecule has 0 fully saturated rings. The van der Waals surface area contributed by atoms with E-state index < -0.39 is 0 Å². The number of hydrogen-bond donors (Lipinski definition) is 1. The lowest BCUT2D eigenvalue weighted by Crippen LogP contribution is -2.24. The summed E-state index contributed by atoms with van der Waals surface area (Å²) >= 11 is 0. The van der Waals surface area contributed by atoms with E-state index in [9.17, 15) is 4.79 Å². The van der Waals surface area contributed by atoms with Crippen LogP contribution in [0.1, 0.15) is 63.3 Å². The van der Waals surface area contributed by atoms with E-state index in [0.29, 0.717) is 18.3 Å². The third-order valence-corrected chi connectivity index (χ3v) is 7.44. The summed E-state index contributed by atoms with van der Waals surface area (Å²) in [5.74, 6) is 1.26. The Morgan fingerprint density at radius 2 is 1.70 bits per heavy atom. The molecule has 0 amide bonds. The minimum atomic E-state index is -0.0102. The zero-order valence-electron chi connectivity index (χ0n) is 23.5. The number of imidazole rings is 1. The van der Waals surface area contributed by atoms with Crippen LogP contribution in [0.4, 0.5) is 0 Å². The van der Waals surface area contributed by atoms with E-state index >= 15 is 0 Å². The molecule has 206 valence electrons. The van der Waals surface area contributed by atoms with Gasteiger partial charge in [-0.05, 0) is 64.1 Å². The lowest BCUT2D eigenvalue weighted by Gasteiger charge is -2.11. The molecule has 40 heavy (non-hydrogen) atoms. The highest BCUT2D eigenvalue weighted by Crippen LogP contribution is 2.29. The van der Waals surface area contributed by atoms with Crippen molar-refractivity contribution < 1.29 is 0 Å². The molecule has 8 nitrogen and oxygen atoms in total. The number of pyridine rings is 1. The number of H-pyrrole nitrogens is 1. The predicted octanol–water partition coefficient (Wildman–Crippen LogP) is 6.25. The average molecular weight is 536 g/mol. The monoisotopic (exact) mass is 535 g/mol. The highest BCUT2D eigenvalue weighted by molar-refractivity contribution is 5.79. The predicted molar refractivity (Wildman–Crippen MR) is 158 cm³/mol. The number of nitrogens with one attached hydrogen (secondary N) is 1. The van der Waals surface area contributed by atoms with Gasteiger partial charge < -0.3 is 0 Å². The Morgan fingerprint density at radius 3 is 2.40 bits per heavy atom. The summed E-state index contributed by atoms with van der Waals surface area (Å²) in [5.41, 5.74) is 7.15. The van der Waals surface area contributed by atoms with Crippen molar-refractivity contribution in [3.05, 3.63) is 100 Å². The summed E-state index contributed by atoms with van der Waals surface area (Å²) in [6, 6.07) is 18.6. The summed E-state index contributed by atoms with van der Waals surface area (Å²) < 4.78 is 3.69. The van der Waals surface area contributed by atoms with Crippen LogP contribution in [0.2, 0.25) is 0 Å². The van der Waals surface area contributed by atoms with Crippen LogP contribution in [0, 0.1) is 5.92 Å². The van der Waals surface area contributed by atoms with Crippen LogP contribution in [0.5, 0.6) is 0 Å². The third-order valence-electron chi connectivity index (χ3n) is 7.44. The lowest BCUT2D eigenvalue weighted by molar-refractivity contribution is 0.503. The van der Waals surface area contributed by atoms with E-state index in [4.69, 9.17) is 0 Å². The van der Waals surface area contributed by atoms with Crippen molar-refractivity contribution >= 4 is 0 Å². The maximum absolute atomic E-state index is 13.6. The Morgan fingerprint density at radius 1 is 0.925 bits per heavy atom. The fourth-order valence-corrected chi connectivity index (χ4v) is 5.26. The number of benzene rings is 2. The number of tetrazole rings is 1. The smallest absolute Gasteiger partial charge is 0.292 e. The highest BCUT2D eigenvalue weighted by atomic mass is 16.1. The third kappa shape index (κ3) is 6.11. The van der Waals surface area contributed by atoms with E-state index in [1.807, 2.05) is 23.0 Å². The van der Waals surface area contributed by atoms with Crippen LogP contribution in [0.25, 0.3) is 28.2 Å². The summed E-state index contributed by atoms with van der Waals surface area (Å²) in [5, 5.41) is 14.3. The van der Waals surface area contributed by atoms with E-state index in [-0.39, 0.29) is 5.69 Å². The van der Waals surface area contributed by atoms with Crippen molar-refractivity contribution in [2.24, 2.45) is 5.92 Å². The molecule has 1 N–H and O–H groups in total. The second-order valence-corrected chi connectivity index (χ2v) is 10.6. The molecule has 0 aliphatic heterocycles. The lowest BCUT2D eigenvalue weighted by atomic mass is 9.96. The molecule has 1 unspecified atom stereocenters. The minimum absolute atomic E-state index is 0.0102. The molecular weight excluding hydrogens is 498 g/mol. The Hall–Kier alpha value is -4.33. The number of aryl methyl sites for hydroxylation is 1. The van der Waals surface area contributed by atoms with Gasteiger partial charge in [0, 0.05) is 35.4 Å². The van der Waals surface area contributed by atoms with Crippen molar-refractivity contribution in [2.75, 3.05) is 0 Å².